The molecular weight excluding hydrogens is 483 g/mol. The molecule has 6 rings (SSSR count). The summed E-state index contributed by atoms with van der Waals surface area (Å²) in [6.07, 6.45) is 3.64. The van der Waals surface area contributed by atoms with E-state index in [0.29, 0.717) is 10.8 Å². The van der Waals surface area contributed by atoms with Gasteiger partial charge in [0.2, 0.25) is 0 Å². The minimum Gasteiger partial charge on any atom is -0.457 e. The Morgan fingerprint density at radius 1 is 0.784 bits per heavy atom. The number of pyridine rings is 1. The monoisotopic (exact) mass is 506 g/mol. The molecular formula is C30H23FN4OS. The second-order valence-corrected chi connectivity index (χ2v) is 9.05. The molecule has 0 saturated carbocycles. The Morgan fingerprint density at radius 2 is 1.51 bits per heavy atom. The molecule has 37 heavy (non-hydrogen) atoms. The molecule has 3 heterocycles. The van der Waals surface area contributed by atoms with Gasteiger partial charge in [0.05, 0.1) is 17.4 Å². The van der Waals surface area contributed by atoms with E-state index in [-0.39, 0.29) is 17.9 Å². The largest absolute Gasteiger partial charge is 0.457 e. The van der Waals surface area contributed by atoms with Crippen molar-refractivity contribution in [2.75, 3.05) is 4.90 Å². The standard InChI is InChI=1S/C30H23FN4OS/c31-24-11-4-5-13-26(24)34-20-8-14-27(34)29-28(25-12-6-7-19-32-25)33-30(37)35(29)21-15-17-23(18-16-21)36-22-9-2-1-3-10-22/h1-20,28-29H,(H,33,37)/t28-,29+/m0/s1. The van der Waals surface area contributed by atoms with Gasteiger partial charge in [-0.05, 0) is 85.0 Å². The van der Waals surface area contributed by atoms with Gasteiger partial charge in [0.1, 0.15) is 23.4 Å². The van der Waals surface area contributed by atoms with Crippen LogP contribution in [0.25, 0.3) is 5.69 Å². The highest BCUT2D eigenvalue weighted by atomic mass is 32.1. The molecule has 2 aromatic heterocycles. The lowest BCUT2D eigenvalue weighted by atomic mass is 10.0. The molecule has 5 aromatic rings. The van der Waals surface area contributed by atoms with E-state index in [1.165, 1.54) is 6.07 Å². The normalized spacial score (nSPS) is 17.0. The fourth-order valence-corrected chi connectivity index (χ4v) is 5.08. The van der Waals surface area contributed by atoms with Gasteiger partial charge in [-0.25, -0.2) is 4.39 Å². The second kappa shape index (κ2) is 9.87. The molecule has 1 fully saturated rings. The summed E-state index contributed by atoms with van der Waals surface area (Å²) in [5.74, 6) is 1.20. The van der Waals surface area contributed by atoms with Crippen LogP contribution < -0.4 is 15.0 Å². The van der Waals surface area contributed by atoms with Gasteiger partial charge in [-0.1, -0.05) is 36.4 Å². The number of nitrogens with one attached hydrogen (secondary N) is 1. The minimum absolute atomic E-state index is 0.241. The van der Waals surface area contributed by atoms with Crippen LogP contribution in [0, 0.1) is 5.82 Å². The van der Waals surface area contributed by atoms with Crippen molar-refractivity contribution in [2.24, 2.45) is 0 Å². The van der Waals surface area contributed by atoms with Gasteiger partial charge in [-0.2, -0.15) is 0 Å². The number of para-hydroxylation sites is 2. The summed E-state index contributed by atoms with van der Waals surface area (Å²) in [5.41, 5.74) is 3.11. The molecule has 182 valence electrons. The Kier molecular flexibility index (Phi) is 6.12. The maximum atomic E-state index is 14.9. The van der Waals surface area contributed by atoms with E-state index in [1.807, 2.05) is 102 Å². The molecule has 0 radical (unpaired) electrons. The van der Waals surface area contributed by atoms with Gasteiger partial charge < -0.3 is 19.5 Å². The number of hydrogen-bond donors (Lipinski definition) is 1. The van der Waals surface area contributed by atoms with E-state index < -0.39 is 0 Å². The van der Waals surface area contributed by atoms with E-state index in [4.69, 9.17) is 17.0 Å². The van der Waals surface area contributed by atoms with Gasteiger partial charge in [-0.15, -0.1) is 0 Å². The molecule has 0 aliphatic carbocycles. The number of rotatable bonds is 6. The summed E-state index contributed by atoms with van der Waals surface area (Å²) in [4.78, 5) is 6.68. The number of benzene rings is 3. The molecule has 5 nitrogen and oxygen atoms in total. The highest BCUT2D eigenvalue weighted by molar-refractivity contribution is 7.80. The van der Waals surface area contributed by atoms with Crippen LogP contribution in [0.2, 0.25) is 0 Å². The van der Waals surface area contributed by atoms with Crippen molar-refractivity contribution < 1.29 is 9.13 Å². The van der Waals surface area contributed by atoms with Gasteiger partial charge in [0.25, 0.3) is 0 Å². The highest BCUT2D eigenvalue weighted by Crippen LogP contribution is 2.42. The summed E-state index contributed by atoms with van der Waals surface area (Å²) in [5, 5.41) is 4.03. The lowest BCUT2D eigenvalue weighted by molar-refractivity contribution is 0.482. The van der Waals surface area contributed by atoms with Crippen LogP contribution in [0.3, 0.4) is 0 Å². The molecule has 3 aromatic carbocycles. The van der Waals surface area contributed by atoms with Gasteiger partial charge in [0.15, 0.2) is 5.11 Å². The molecule has 1 aliphatic rings. The van der Waals surface area contributed by atoms with E-state index in [9.17, 15) is 4.39 Å². The Labute approximate surface area is 219 Å². The zero-order valence-corrected chi connectivity index (χ0v) is 20.6. The summed E-state index contributed by atoms with van der Waals surface area (Å²) in [6.45, 7) is 0. The van der Waals surface area contributed by atoms with E-state index >= 15 is 0 Å². The summed E-state index contributed by atoms with van der Waals surface area (Å²) < 4.78 is 22.7. The van der Waals surface area contributed by atoms with Crippen molar-refractivity contribution >= 4 is 23.0 Å². The first kappa shape index (κ1) is 22.9. The average Bonchev–Trinajstić information content (AvgIpc) is 3.55. The molecule has 0 spiro atoms. The van der Waals surface area contributed by atoms with Gasteiger partial charge in [-0.3, -0.25) is 4.98 Å². The quantitative estimate of drug-likeness (QED) is 0.252. The summed E-state index contributed by atoms with van der Waals surface area (Å²) in [7, 11) is 0. The first-order valence-corrected chi connectivity index (χ1v) is 12.4. The van der Waals surface area contributed by atoms with Crippen molar-refractivity contribution in [1.29, 1.82) is 0 Å². The molecule has 1 saturated heterocycles. The molecule has 0 unspecified atom stereocenters. The first-order valence-electron chi connectivity index (χ1n) is 11.9. The SMILES string of the molecule is Fc1ccccc1-n1cccc1[C@@H]1[C@H](c2ccccn2)NC(=S)N1c1ccc(Oc2ccccc2)cc1. The minimum atomic E-state index is -0.295. The van der Waals surface area contributed by atoms with Crippen LogP contribution in [0.15, 0.2) is 122 Å². The topological polar surface area (TPSA) is 42.3 Å². The van der Waals surface area contributed by atoms with Crippen molar-refractivity contribution in [3.05, 3.63) is 139 Å². The van der Waals surface area contributed by atoms with Crippen molar-refractivity contribution in [3.8, 4) is 17.2 Å². The van der Waals surface area contributed by atoms with Crippen LogP contribution in [0.1, 0.15) is 23.5 Å². The summed E-state index contributed by atoms with van der Waals surface area (Å²) in [6, 6.07) is 33.5. The number of ether oxygens (including phenoxy) is 1. The van der Waals surface area contributed by atoms with E-state index in [1.54, 1.807) is 18.3 Å². The van der Waals surface area contributed by atoms with Gasteiger partial charge in [0, 0.05) is 23.8 Å². The zero-order chi connectivity index (χ0) is 25.2. The molecule has 0 bridgehead atoms. The van der Waals surface area contributed by atoms with Gasteiger partial charge >= 0.3 is 0 Å². The van der Waals surface area contributed by atoms with E-state index in [2.05, 4.69) is 15.2 Å². The van der Waals surface area contributed by atoms with Crippen molar-refractivity contribution in [2.45, 2.75) is 12.1 Å². The third-order valence-corrected chi connectivity index (χ3v) is 6.70. The lowest BCUT2D eigenvalue weighted by Crippen LogP contribution is -2.30. The molecule has 1 N–H and O–H groups in total. The Hall–Kier alpha value is -4.49. The Morgan fingerprint density at radius 3 is 2.27 bits per heavy atom. The fraction of sp³-hybridized carbons (Fsp3) is 0.0667. The van der Waals surface area contributed by atoms with Crippen molar-refractivity contribution in [1.82, 2.24) is 14.9 Å². The van der Waals surface area contributed by atoms with Crippen LogP contribution in [0.4, 0.5) is 10.1 Å². The smallest absolute Gasteiger partial charge is 0.174 e. The number of halogens is 1. The fourth-order valence-electron chi connectivity index (χ4n) is 4.73. The molecule has 2 atom stereocenters. The maximum absolute atomic E-state index is 14.9. The molecule has 0 amide bonds. The number of aromatic nitrogens is 2. The second-order valence-electron chi connectivity index (χ2n) is 8.66. The van der Waals surface area contributed by atoms with Crippen LogP contribution in [0.5, 0.6) is 11.5 Å². The zero-order valence-electron chi connectivity index (χ0n) is 19.7. The van der Waals surface area contributed by atoms with Crippen molar-refractivity contribution in [3.63, 3.8) is 0 Å². The Balaban J connectivity index is 1.41. The number of thiocarbonyl (C=S) groups is 1. The highest BCUT2D eigenvalue weighted by Gasteiger charge is 2.42. The third-order valence-electron chi connectivity index (χ3n) is 6.39. The first-order chi connectivity index (χ1) is 18.2. The Bertz CT molecular complexity index is 1520. The number of nitrogens with zero attached hydrogens (tertiary/aromatic N) is 3. The summed E-state index contributed by atoms with van der Waals surface area (Å²) >= 11 is 5.85. The maximum Gasteiger partial charge on any atom is 0.174 e. The third kappa shape index (κ3) is 4.45. The van der Waals surface area contributed by atoms with Crippen LogP contribution in [-0.2, 0) is 0 Å². The molecule has 7 heteroatoms. The predicted octanol–water partition coefficient (Wildman–Crippen LogP) is 6.98. The predicted molar refractivity (Wildman–Crippen MR) is 147 cm³/mol. The molecule has 1 aliphatic heterocycles. The number of anilines is 1. The van der Waals surface area contributed by atoms with Crippen LogP contribution >= 0.6 is 12.2 Å². The van der Waals surface area contributed by atoms with Crippen LogP contribution in [-0.4, -0.2) is 14.7 Å². The number of hydrogen-bond acceptors (Lipinski definition) is 3. The lowest BCUT2D eigenvalue weighted by Gasteiger charge is -2.29. The van der Waals surface area contributed by atoms with E-state index in [0.717, 1.165) is 28.6 Å². The average molecular weight is 507 g/mol.